The van der Waals surface area contributed by atoms with Crippen LogP contribution in [0.2, 0.25) is 0 Å². The zero-order valence-electron chi connectivity index (χ0n) is 11.0. The number of benzene rings is 2. The second kappa shape index (κ2) is 5.45. The van der Waals surface area contributed by atoms with Gasteiger partial charge in [0.2, 0.25) is 0 Å². The van der Waals surface area contributed by atoms with Gasteiger partial charge in [0, 0.05) is 11.6 Å². The monoisotopic (exact) mass is 253 g/mol. The van der Waals surface area contributed by atoms with Gasteiger partial charge in [-0.15, -0.1) is 0 Å². The number of hydrogen-bond acceptors (Lipinski definition) is 2. The van der Waals surface area contributed by atoms with Gasteiger partial charge in [0.25, 0.3) is 0 Å². The fourth-order valence-corrected chi connectivity index (χ4v) is 2.68. The zero-order valence-corrected chi connectivity index (χ0v) is 11.0. The molecule has 2 aromatic carbocycles. The van der Waals surface area contributed by atoms with Gasteiger partial charge in [-0.1, -0.05) is 42.5 Å². The Morgan fingerprint density at radius 1 is 1.05 bits per heavy atom. The van der Waals surface area contributed by atoms with Gasteiger partial charge < -0.3 is 10.5 Å². The number of para-hydroxylation sites is 1. The third-order valence-electron chi connectivity index (χ3n) is 3.85. The summed E-state index contributed by atoms with van der Waals surface area (Å²) in [6.45, 7) is 1.57. The maximum Gasteiger partial charge on any atom is 0.0538 e. The molecule has 1 unspecified atom stereocenters. The molecule has 1 aliphatic carbocycles. The highest BCUT2D eigenvalue weighted by Crippen LogP contribution is 2.34. The summed E-state index contributed by atoms with van der Waals surface area (Å²) >= 11 is 0. The molecule has 3 rings (SSSR count). The van der Waals surface area contributed by atoms with Crippen molar-refractivity contribution in [3.63, 3.8) is 0 Å². The normalized spacial score (nSPS) is 16.7. The maximum absolute atomic E-state index is 5.91. The first-order valence-corrected chi connectivity index (χ1v) is 6.83. The molecule has 1 atom stereocenters. The molecule has 0 aromatic heterocycles. The first-order valence-electron chi connectivity index (χ1n) is 6.83. The molecule has 1 aliphatic rings. The molecule has 0 saturated carbocycles. The lowest BCUT2D eigenvalue weighted by Gasteiger charge is -2.29. The van der Waals surface area contributed by atoms with Crippen molar-refractivity contribution in [1.82, 2.24) is 0 Å². The van der Waals surface area contributed by atoms with Gasteiger partial charge in [-0.25, -0.2) is 0 Å². The van der Waals surface area contributed by atoms with E-state index in [0.29, 0.717) is 5.92 Å². The van der Waals surface area contributed by atoms with E-state index in [0.717, 1.165) is 31.7 Å². The minimum atomic E-state index is 0.587. The van der Waals surface area contributed by atoms with Crippen LogP contribution in [0.15, 0.2) is 48.5 Å². The van der Waals surface area contributed by atoms with Crippen LogP contribution in [0.25, 0.3) is 0 Å². The van der Waals surface area contributed by atoms with Crippen molar-refractivity contribution < 1.29 is 4.74 Å². The molecule has 0 amide bonds. The van der Waals surface area contributed by atoms with Crippen LogP contribution in [-0.2, 0) is 17.6 Å². The standard InChI is InChI=1S/C17H19NO/c18-17-8-4-2-5-13(17)9-10-19-12-15-11-14-6-1-3-7-16(14)15/h1-8,15H,9-12,18H2. The summed E-state index contributed by atoms with van der Waals surface area (Å²) in [5, 5.41) is 0. The predicted molar refractivity (Wildman–Crippen MR) is 78.3 cm³/mol. The summed E-state index contributed by atoms with van der Waals surface area (Å²) in [7, 11) is 0. The molecule has 2 nitrogen and oxygen atoms in total. The minimum Gasteiger partial charge on any atom is -0.399 e. The summed E-state index contributed by atoms with van der Waals surface area (Å²) in [4.78, 5) is 0. The lowest BCUT2D eigenvalue weighted by molar-refractivity contribution is 0.117. The average Bonchev–Trinajstić information content (AvgIpc) is 2.41. The van der Waals surface area contributed by atoms with E-state index in [1.807, 2.05) is 18.2 Å². The van der Waals surface area contributed by atoms with Crippen molar-refractivity contribution in [3.05, 3.63) is 65.2 Å². The van der Waals surface area contributed by atoms with Crippen LogP contribution in [0.1, 0.15) is 22.6 Å². The van der Waals surface area contributed by atoms with Crippen molar-refractivity contribution in [2.24, 2.45) is 0 Å². The number of nitrogen functional groups attached to an aromatic ring is 1. The Morgan fingerprint density at radius 2 is 1.84 bits per heavy atom. The molecule has 2 heteroatoms. The fourth-order valence-electron chi connectivity index (χ4n) is 2.68. The van der Waals surface area contributed by atoms with Gasteiger partial charge in [-0.2, -0.15) is 0 Å². The minimum absolute atomic E-state index is 0.587. The van der Waals surface area contributed by atoms with E-state index in [1.54, 1.807) is 0 Å². The number of nitrogens with two attached hydrogens (primary N) is 1. The van der Waals surface area contributed by atoms with Crippen LogP contribution < -0.4 is 5.73 Å². The van der Waals surface area contributed by atoms with Gasteiger partial charge in [-0.3, -0.25) is 0 Å². The third-order valence-corrected chi connectivity index (χ3v) is 3.85. The van der Waals surface area contributed by atoms with Crippen molar-refractivity contribution in [2.75, 3.05) is 18.9 Å². The van der Waals surface area contributed by atoms with Crippen LogP contribution in [0.3, 0.4) is 0 Å². The average molecular weight is 253 g/mol. The number of hydrogen-bond donors (Lipinski definition) is 1. The van der Waals surface area contributed by atoms with Crippen LogP contribution in [0, 0.1) is 0 Å². The van der Waals surface area contributed by atoms with Gasteiger partial charge in [0.1, 0.15) is 0 Å². The van der Waals surface area contributed by atoms with E-state index in [1.165, 1.54) is 16.7 Å². The van der Waals surface area contributed by atoms with E-state index < -0.39 is 0 Å². The molecular weight excluding hydrogens is 234 g/mol. The molecule has 0 radical (unpaired) electrons. The highest BCUT2D eigenvalue weighted by Gasteiger charge is 2.25. The summed E-state index contributed by atoms with van der Waals surface area (Å²) in [5.41, 5.74) is 10.9. The van der Waals surface area contributed by atoms with E-state index in [9.17, 15) is 0 Å². The predicted octanol–water partition coefficient (Wildman–Crippen LogP) is 3.17. The van der Waals surface area contributed by atoms with Crippen molar-refractivity contribution >= 4 is 5.69 Å². The van der Waals surface area contributed by atoms with Crippen LogP contribution in [0.5, 0.6) is 0 Å². The molecule has 0 saturated heterocycles. The summed E-state index contributed by atoms with van der Waals surface area (Å²) < 4.78 is 5.80. The molecule has 98 valence electrons. The van der Waals surface area contributed by atoms with E-state index in [2.05, 4.69) is 30.3 Å². The topological polar surface area (TPSA) is 35.2 Å². The molecule has 0 fully saturated rings. The van der Waals surface area contributed by atoms with E-state index in [-0.39, 0.29) is 0 Å². The SMILES string of the molecule is Nc1ccccc1CCOCC1Cc2ccccc21. The number of ether oxygens (including phenoxy) is 1. The quantitative estimate of drug-likeness (QED) is 0.656. The molecular formula is C17H19NO. The van der Waals surface area contributed by atoms with Gasteiger partial charge >= 0.3 is 0 Å². The van der Waals surface area contributed by atoms with Gasteiger partial charge in [0.15, 0.2) is 0 Å². The van der Waals surface area contributed by atoms with Crippen molar-refractivity contribution in [3.8, 4) is 0 Å². The maximum atomic E-state index is 5.91. The van der Waals surface area contributed by atoms with Crippen LogP contribution in [0.4, 0.5) is 5.69 Å². The Hall–Kier alpha value is -1.80. The highest BCUT2D eigenvalue weighted by molar-refractivity contribution is 5.46. The van der Waals surface area contributed by atoms with Crippen LogP contribution in [-0.4, -0.2) is 13.2 Å². The molecule has 0 spiro atoms. The number of rotatable bonds is 5. The second-order valence-corrected chi connectivity index (χ2v) is 5.12. The van der Waals surface area contributed by atoms with Crippen LogP contribution >= 0.6 is 0 Å². The van der Waals surface area contributed by atoms with Crippen molar-refractivity contribution in [1.29, 1.82) is 0 Å². The highest BCUT2D eigenvalue weighted by atomic mass is 16.5. The molecule has 0 heterocycles. The Bertz CT molecular complexity index is 565. The number of fused-ring (bicyclic) bond motifs is 1. The summed E-state index contributed by atoms with van der Waals surface area (Å²) in [6.07, 6.45) is 2.05. The van der Waals surface area contributed by atoms with Crippen molar-refractivity contribution in [2.45, 2.75) is 18.8 Å². The Morgan fingerprint density at radius 3 is 2.68 bits per heavy atom. The largest absolute Gasteiger partial charge is 0.399 e. The lowest BCUT2D eigenvalue weighted by atomic mass is 9.78. The second-order valence-electron chi connectivity index (χ2n) is 5.12. The summed E-state index contributed by atoms with van der Waals surface area (Å²) in [6, 6.07) is 16.6. The Labute approximate surface area is 114 Å². The molecule has 2 aromatic rings. The van der Waals surface area contributed by atoms with E-state index >= 15 is 0 Å². The lowest BCUT2D eigenvalue weighted by Crippen LogP contribution is -2.22. The molecule has 0 bridgehead atoms. The fraction of sp³-hybridized carbons (Fsp3) is 0.294. The van der Waals surface area contributed by atoms with E-state index in [4.69, 9.17) is 10.5 Å². The summed E-state index contributed by atoms with van der Waals surface area (Å²) in [5.74, 6) is 0.587. The van der Waals surface area contributed by atoms with Gasteiger partial charge in [-0.05, 0) is 35.6 Å². The Balaban J connectivity index is 1.45. The molecule has 2 N–H and O–H groups in total. The zero-order chi connectivity index (χ0) is 13.1. The Kier molecular flexibility index (Phi) is 3.51. The molecule has 19 heavy (non-hydrogen) atoms. The smallest absolute Gasteiger partial charge is 0.0538 e. The van der Waals surface area contributed by atoms with Gasteiger partial charge in [0.05, 0.1) is 13.2 Å². The number of anilines is 1. The molecule has 0 aliphatic heterocycles. The first-order chi connectivity index (χ1) is 9.34. The third kappa shape index (κ3) is 2.64. The first kappa shape index (κ1) is 12.2.